The Kier molecular flexibility index (Phi) is 6.29. The van der Waals surface area contributed by atoms with Gasteiger partial charge in [0, 0.05) is 5.54 Å². The van der Waals surface area contributed by atoms with Crippen molar-refractivity contribution in [2.75, 3.05) is 6.61 Å². The lowest BCUT2D eigenvalue weighted by atomic mass is 9.93. The number of alkyl halides is 3. The molecule has 1 aliphatic carbocycles. The predicted molar refractivity (Wildman–Crippen MR) is 105 cm³/mol. The summed E-state index contributed by atoms with van der Waals surface area (Å²) in [5, 5.41) is 13.5. The number of hydrogen-bond acceptors (Lipinski definition) is 4. The zero-order chi connectivity index (χ0) is 21.1. The van der Waals surface area contributed by atoms with E-state index in [9.17, 15) is 18.3 Å². The van der Waals surface area contributed by atoms with E-state index in [0.717, 1.165) is 37.0 Å². The number of nitrogens with two attached hydrogens (primary N) is 1. The largest absolute Gasteiger partial charge is 0.416 e. The van der Waals surface area contributed by atoms with E-state index < -0.39 is 17.3 Å². The van der Waals surface area contributed by atoms with Crippen molar-refractivity contribution >= 4 is 5.71 Å². The molecule has 0 saturated heterocycles. The second kappa shape index (κ2) is 8.55. The van der Waals surface area contributed by atoms with Crippen molar-refractivity contribution < 1.29 is 23.1 Å². The topological polar surface area (TPSA) is 67.8 Å². The summed E-state index contributed by atoms with van der Waals surface area (Å²) < 4.78 is 37.7. The van der Waals surface area contributed by atoms with Crippen molar-refractivity contribution in [2.45, 2.75) is 50.4 Å². The van der Waals surface area contributed by atoms with Gasteiger partial charge in [-0.05, 0) is 60.9 Å². The summed E-state index contributed by atoms with van der Waals surface area (Å²) in [6, 6.07) is 12.8. The normalized spacial score (nSPS) is 22.7. The highest BCUT2D eigenvalue weighted by Crippen LogP contribution is 2.39. The van der Waals surface area contributed by atoms with Gasteiger partial charge in [0.2, 0.25) is 0 Å². The van der Waals surface area contributed by atoms with Gasteiger partial charge in [-0.2, -0.15) is 13.2 Å². The second-order valence-corrected chi connectivity index (χ2v) is 7.73. The molecule has 7 heteroatoms. The summed E-state index contributed by atoms with van der Waals surface area (Å²) in [5.74, 6) is 0.342. The van der Waals surface area contributed by atoms with E-state index in [4.69, 9.17) is 10.6 Å². The molecular formula is C22H25F3N2O2. The molecule has 3 N–H and O–H groups in total. The van der Waals surface area contributed by atoms with Crippen LogP contribution in [0.15, 0.2) is 53.7 Å². The molecule has 0 unspecified atom stereocenters. The summed E-state index contributed by atoms with van der Waals surface area (Å²) in [5.41, 5.74) is 8.37. The molecule has 1 saturated carbocycles. The van der Waals surface area contributed by atoms with Gasteiger partial charge in [0.05, 0.1) is 17.9 Å². The first-order valence-electron chi connectivity index (χ1n) is 9.53. The number of rotatable bonds is 6. The quantitative estimate of drug-likeness (QED) is 0.544. The molecule has 0 heterocycles. The van der Waals surface area contributed by atoms with E-state index in [-0.39, 0.29) is 13.2 Å². The van der Waals surface area contributed by atoms with Crippen molar-refractivity contribution in [3.63, 3.8) is 0 Å². The van der Waals surface area contributed by atoms with Crippen LogP contribution in [0.2, 0.25) is 0 Å². The van der Waals surface area contributed by atoms with Crippen LogP contribution >= 0.6 is 0 Å². The Morgan fingerprint density at radius 2 is 1.83 bits per heavy atom. The fourth-order valence-electron chi connectivity index (χ4n) is 3.63. The Bertz CT molecular complexity index is 848. The maximum absolute atomic E-state index is 12.6. The van der Waals surface area contributed by atoms with Gasteiger partial charge in [-0.25, -0.2) is 0 Å². The lowest BCUT2D eigenvalue weighted by Crippen LogP contribution is -2.40. The van der Waals surface area contributed by atoms with E-state index in [1.807, 2.05) is 31.2 Å². The highest BCUT2D eigenvalue weighted by molar-refractivity contribution is 5.98. The summed E-state index contributed by atoms with van der Waals surface area (Å²) >= 11 is 0. The third-order valence-corrected chi connectivity index (χ3v) is 5.47. The molecule has 0 aliphatic heterocycles. The Morgan fingerprint density at radius 3 is 2.38 bits per heavy atom. The molecule has 0 amide bonds. The van der Waals surface area contributed by atoms with Crippen LogP contribution in [0.1, 0.15) is 54.4 Å². The van der Waals surface area contributed by atoms with Crippen LogP contribution in [0.4, 0.5) is 13.2 Å². The molecule has 0 radical (unpaired) electrons. The number of hydrogen-bond donors (Lipinski definition) is 2. The highest BCUT2D eigenvalue weighted by Gasteiger charge is 2.35. The summed E-state index contributed by atoms with van der Waals surface area (Å²) in [6.45, 7) is 1.91. The van der Waals surface area contributed by atoms with Crippen LogP contribution in [0.25, 0.3) is 0 Å². The molecule has 2 aromatic carbocycles. The molecular weight excluding hydrogens is 381 g/mol. The zero-order valence-corrected chi connectivity index (χ0v) is 16.2. The number of halogens is 3. The number of benzene rings is 2. The first-order valence-corrected chi connectivity index (χ1v) is 9.53. The third-order valence-electron chi connectivity index (χ3n) is 5.47. The molecule has 4 nitrogen and oxygen atoms in total. The van der Waals surface area contributed by atoms with Crippen LogP contribution in [0.3, 0.4) is 0 Å². The second-order valence-electron chi connectivity index (χ2n) is 7.73. The van der Waals surface area contributed by atoms with E-state index >= 15 is 0 Å². The highest BCUT2D eigenvalue weighted by atomic mass is 19.4. The van der Waals surface area contributed by atoms with Gasteiger partial charge in [-0.1, -0.05) is 41.6 Å². The van der Waals surface area contributed by atoms with Gasteiger partial charge in [0.25, 0.3) is 0 Å². The van der Waals surface area contributed by atoms with Gasteiger partial charge >= 0.3 is 6.18 Å². The average Bonchev–Trinajstić information content (AvgIpc) is 3.11. The smallest absolute Gasteiger partial charge is 0.394 e. The van der Waals surface area contributed by atoms with Crippen LogP contribution in [-0.2, 0) is 17.6 Å². The lowest BCUT2D eigenvalue weighted by molar-refractivity contribution is -0.137. The maximum Gasteiger partial charge on any atom is 0.416 e. The average molecular weight is 406 g/mol. The zero-order valence-electron chi connectivity index (χ0n) is 16.2. The van der Waals surface area contributed by atoms with Crippen molar-refractivity contribution in [1.29, 1.82) is 0 Å². The SMILES string of the molecule is C/C(=N\OCc1ccc(C(F)(F)F)cc1)c1ccc([C@@H]2CC[C@](N)(CO)C2)cc1. The molecule has 29 heavy (non-hydrogen) atoms. The van der Waals surface area contributed by atoms with Gasteiger partial charge in [-0.3, -0.25) is 0 Å². The summed E-state index contributed by atoms with van der Waals surface area (Å²) in [7, 11) is 0. The minimum Gasteiger partial charge on any atom is -0.394 e. The van der Waals surface area contributed by atoms with E-state index in [1.54, 1.807) is 0 Å². The molecule has 0 aromatic heterocycles. The van der Waals surface area contributed by atoms with Gasteiger partial charge in [0.1, 0.15) is 6.61 Å². The van der Waals surface area contributed by atoms with E-state index in [2.05, 4.69) is 5.16 Å². The lowest BCUT2D eigenvalue weighted by Gasteiger charge is -2.20. The molecule has 2 atom stereocenters. The predicted octanol–water partition coefficient (Wildman–Crippen LogP) is 4.60. The van der Waals surface area contributed by atoms with E-state index in [1.165, 1.54) is 17.7 Å². The minimum atomic E-state index is -4.34. The standard InChI is InChI=1S/C22H25F3N2O2/c1-15(27-29-13-16-2-8-20(9-3-16)22(23,24)25)17-4-6-18(7-5-17)19-10-11-21(26,12-19)14-28/h2-9,19,28H,10-14,26H2,1H3/b27-15+/t19-,21-/m1/s1. The molecule has 3 rings (SSSR count). The van der Waals surface area contributed by atoms with Crippen molar-refractivity contribution in [1.82, 2.24) is 0 Å². The Labute approximate surface area is 168 Å². The van der Waals surface area contributed by atoms with Crippen LogP contribution in [0.5, 0.6) is 0 Å². The molecule has 1 aliphatic rings. The molecule has 0 spiro atoms. The summed E-state index contributed by atoms with van der Waals surface area (Å²) in [4.78, 5) is 5.30. The van der Waals surface area contributed by atoms with Crippen LogP contribution in [-0.4, -0.2) is 23.0 Å². The van der Waals surface area contributed by atoms with Crippen molar-refractivity contribution in [3.8, 4) is 0 Å². The first-order chi connectivity index (χ1) is 13.7. The fourth-order valence-corrected chi connectivity index (χ4v) is 3.63. The van der Waals surface area contributed by atoms with Gasteiger partial charge < -0.3 is 15.7 Å². The first kappa shape index (κ1) is 21.3. The molecule has 2 aromatic rings. The Balaban J connectivity index is 1.56. The number of aliphatic hydroxyl groups excluding tert-OH is 1. The Hall–Kier alpha value is -2.38. The van der Waals surface area contributed by atoms with Gasteiger partial charge in [-0.15, -0.1) is 0 Å². The molecule has 1 fully saturated rings. The monoisotopic (exact) mass is 406 g/mol. The number of oxime groups is 1. The molecule has 156 valence electrons. The third kappa shape index (κ3) is 5.36. The number of aliphatic hydroxyl groups is 1. The van der Waals surface area contributed by atoms with Crippen molar-refractivity contribution in [3.05, 3.63) is 70.8 Å². The van der Waals surface area contributed by atoms with Crippen molar-refractivity contribution in [2.24, 2.45) is 10.9 Å². The minimum absolute atomic E-state index is 0.00359. The summed E-state index contributed by atoms with van der Waals surface area (Å²) in [6.07, 6.45) is -1.80. The van der Waals surface area contributed by atoms with E-state index in [0.29, 0.717) is 17.2 Å². The van der Waals surface area contributed by atoms with Crippen LogP contribution < -0.4 is 5.73 Å². The number of nitrogens with zero attached hydrogens (tertiary/aromatic N) is 1. The molecule has 0 bridgehead atoms. The Morgan fingerprint density at radius 1 is 1.17 bits per heavy atom. The maximum atomic E-state index is 12.6. The fraction of sp³-hybridized carbons (Fsp3) is 0.409. The van der Waals surface area contributed by atoms with Gasteiger partial charge in [0.15, 0.2) is 0 Å². The van der Waals surface area contributed by atoms with Crippen LogP contribution in [0, 0.1) is 0 Å².